The molecule has 0 radical (unpaired) electrons. The van der Waals surface area contributed by atoms with Crippen LogP contribution in [0.1, 0.15) is 18.5 Å². The summed E-state index contributed by atoms with van der Waals surface area (Å²) in [6.07, 6.45) is 0. The number of halogens is 4. The van der Waals surface area contributed by atoms with E-state index in [-0.39, 0.29) is 22.1 Å². The highest BCUT2D eigenvalue weighted by Crippen LogP contribution is 2.32. The fraction of sp³-hybridized carbons (Fsp3) is 0.118. The molecule has 0 aliphatic rings. The minimum absolute atomic E-state index is 0.0469. The van der Waals surface area contributed by atoms with E-state index in [1.54, 1.807) is 6.92 Å². The molecular formula is C17H13Cl2F2N3O2S2. The van der Waals surface area contributed by atoms with Gasteiger partial charge in [-0.25, -0.2) is 22.2 Å². The van der Waals surface area contributed by atoms with Crippen molar-refractivity contribution in [3.63, 3.8) is 0 Å². The highest BCUT2D eigenvalue weighted by molar-refractivity contribution is 7.92. The topological polar surface area (TPSA) is 71.1 Å². The van der Waals surface area contributed by atoms with Crippen LogP contribution < -0.4 is 10.0 Å². The van der Waals surface area contributed by atoms with E-state index in [0.717, 1.165) is 12.1 Å². The first-order valence-corrected chi connectivity index (χ1v) is 11.0. The molecule has 0 spiro atoms. The normalized spacial score (nSPS) is 12.6. The zero-order valence-corrected chi connectivity index (χ0v) is 17.4. The van der Waals surface area contributed by atoms with Crippen molar-refractivity contribution >= 4 is 56.1 Å². The van der Waals surface area contributed by atoms with Crippen LogP contribution in [0.25, 0.3) is 0 Å². The average Bonchev–Trinajstić information content (AvgIpc) is 3.11. The van der Waals surface area contributed by atoms with Gasteiger partial charge in [-0.3, -0.25) is 4.72 Å². The van der Waals surface area contributed by atoms with Crippen molar-refractivity contribution in [1.82, 2.24) is 4.98 Å². The van der Waals surface area contributed by atoms with Crippen molar-refractivity contribution in [3.05, 3.63) is 68.5 Å². The third-order valence-electron chi connectivity index (χ3n) is 3.78. The third-order valence-corrected chi connectivity index (χ3v) is 6.28. The maximum atomic E-state index is 14.5. The molecule has 0 unspecified atom stereocenters. The van der Waals surface area contributed by atoms with Gasteiger partial charge >= 0.3 is 0 Å². The molecule has 2 aromatic carbocycles. The number of thiazole rings is 1. The number of hydrogen-bond donors (Lipinski definition) is 2. The summed E-state index contributed by atoms with van der Waals surface area (Å²) in [4.78, 5) is 3.17. The van der Waals surface area contributed by atoms with Gasteiger partial charge in [0.2, 0.25) is 0 Å². The van der Waals surface area contributed by atoms with Crippen molar-refractivity contribution in [2.24, 2.45) is 0 Å². The van der Waals surface area contributed by atoms with E-state index in [4.69, 9.17) is 23.2 Å². The summed E-state index contributed by atoms with van der Waals surface area (Å²) in [7, 11) is -4.22. The third kappa shape index (κ3) is 4.54. The Hall–Kier alpha value is -1.94. The SMILES string of the molecule is C[C@H](Nc1cc(F)c(S(=O)(=O)Nc2cscn2)cc1Cl)c1cc(Cl)ccc1F. The van der Waals surface area contributed by atoms with Gasteiger partial charge in [0.1, 0.15) is 16.5 Å². The molecule has 0 fully saturated rings. The zero-order chi connectivity index (χ0) is 20.5. The molecule has 3 rings (SSSR count). The lowest BCUT2D eigenvalue weighted by Gasteiger charge is -2.18. The molecule has 0 saturated carbocycles. The van der Waals surface area contributed by atoms with Crippen LogP contribution in [0.2, 0.25) is 10.0 Å². The van der Waals surface area contributed by atoms with Crippen LogP contribution in [0.4, 0.5) is 20.3 Å². The van der Waals surface area contributed by atoms with Crippen molar-refractivity contribution in [3.8, 4) is 0 Å². The van der Waals surface area contributed by atoms with Gasteiger partial charge in [-0.2, -0.15) is 0 Å². The van der Waals surface area contributed by atoms with Crippen molar-refractivity contribution < 1.29 is 17.2 Å². The predicted octanol–water partition coefficient (Wildman–Crippen LogP) is 5.70. The van der Waals surface area contributed by atoms with Gasteiger partial charge in [-0.1, -0.05) is 23.2 Å². The number of benzene rings is 2. The summed E-state index contributed by atoms with van der Waals surface area (Å²) in [5.41, 5.74) is 1.80. The van der Waals surface area contributed by atoms with Crippen LogP contribution in [0.5, 0.6) is 0 Å². The first kappa shape index (κ1) is 20.8. The van der Waals surface area contributed by atoms with Gasteiger partial charge in [0.15, 0.2) is 5.82 Å². The largest absolute Gasteiger partial charge is 0.377 e. The summed E-state index contributed by atoms with van der Waals surface area (Å²) in [5, 5.41) is 4.63. The Morgan fingerprint density at radius 3 is 2.57 bits per heavy atom. The lowest BCUT2D eigenvalue weighted by molar-refractivity contribution is 0.570. The first-order chi connectivity index (χ1) is 13.2. The fourth-order valence-corrected chi connectivity index (χ4v) is 4.57. The Morgan fingerprint density at radius 1 is 1.14 bits per heavy atom. The van der Waals surface area contributed by atoms with E-state index >= 15 is 0 Å². The van der Waals surface area contributed by atoms with Gasteiger partial charge in [-0.05, 0) is 37.3 Å². The van der Waals surface area contributed by atoms with Crippen LogP contribution in [0, 0.1) is 11.6 Å². The molecule has 148 valence electrons. The highest BCUT2D eigenvalue weighted by Gasteiger charge is 2.23. The Balaban J connectivity index is 1.88. The minimum Gasteiger partial charge on any atom is -0.377 e. The van der Waals surface area contributed by atoms with Crippen molar-refractivity contribution in [2.75, 3.05) is 10.0 Å². The molecule has 11 heteroatoms. The Labute approximate surface area is 174 Å². The van der Waals surface area contributed by atoms with E-state index in [2.05, 4.69) is 15.0 Å². The molecule has 2 N–H and O–H groups in total. The standard InChI is InChI=1S/C17H13Cl2F2N3O2S2/c1-9(11-4-10(18)2-3-13(11)20)23-15-6-14(21)16(5-12(15)19)28(25,26)24-17-7-27-8-22-17/h2-9,23-24H,1H3/t9-/m0/s1. The number of aromatic nitrogens is 1. The molecule has 0 bridgehead atoms. The summed E-state index contributed by atoms with van der Waals surface area (Å²) in [6, 6.07) is 5.39. The Bertz CT molecular complexity index is 1110. The Kier molecular flexibility index (Phi) is 6.09. The number of nitrogens with zero attached hydrogens (tertiary/aromatic N) is 1. The lowest BCUT2D eigenvalue weighted by atomic mass is 10.1. The highest BCUT2D eigenvalue weighted by atomic mass is 35.5. The van der Waals surface area contributed by atoms with Crippen LogP contribution in [0.3, 0.4) is 0 Å². The fourth-order valence-electron chi connectivity index (χ4n) is 2.46. The summed E-state index contributed by atoms with van der Waals surface area (Å²) >= 11 is 13.2. The molecule has 28 heavy (non-hydrogen) atoms. The number of sulfonamides is 1. The van der Waals surface area contributed by atoms with E-state index in [9.17, 15) is 17.2 Å². The molecular weight excluding hydrogens is 451 g/mol. The van der Waals surface area contributed by atoms with Crippen LogP contribution in [-0.2, 0) is 10.0 Å². The zero-order valence-electron chi connectivity index (χ0n) is 14.2. The molecule has 0 saturated heterocycles. The van der Waals surface area contributed by atoms with Gasteiger partial charge < -0.3 is 5.32 Å². The second-order valence-corrected chi connectivity index (χ2v) is 8.99. The Morgan fingerprint density at radius 2 is 1.89 bits per heavy atom. The number of anilines is 2. The van der Waals surface area contributed by atoms with Crippen LogP contribution in [-0.4, -0.2) is 13.4 Å². The smallest absolute Gasteiger partial charge is 0.266 e. The molecule has 1 heterocycles. The van der Waals surface area contributed by atoms with Crippen LogP contribution in [0.15, 0.2) is 46.1 Å². The van der Waals surface area contributed by atoms with Crippen molar-refractivity contribution in [1.29, 1.82) is 0 Å². The number of rotatable bonds is 6. The van der Waals surface area contributed by atoms with Gasteiger partial charge in [-0.15, -0.1) is 11.3 Å². The van der Waals surface area contributed by atoms with E-state index in [1.165, 1.54) is 40.4 Å². The summed E-state index contributed by atoms with van der Waals surface area (Å²) in [5.74, 6) is -1.44. The van der Waals surface area contributed by atoms with Crippen molar-refractivity contribution in [2.45, 2.75) is 17.9 Å². The predicted molar refractivity (Wildman–Crippen MR) is 108 cm³/mol. The molecule has 3 aromatic rings. The second kappa shape index (κ2) is 8.20. The summed E-state index contributed by atoms with van der Waals surface area (Å²) in [6.45, 7) is 1.64. The second-order valence-electron chi connectivity index (χ2n) is 5.77. The molecule has 1 aromatic heterocycles. The van der Waals surface area contributed by atoms with Gasteiger partial charge in [0.05, 0.1) is 22.3 Å². The lowest BCUT2D eigenvalue weighted by Crippen LogP contribution is -2.16. The average molecular weight is 464 g/mol. The molecule has 1 atom stereocenters. The number of nitrogens with one attached hydrogen (secondary N) is 2. The van der Waals surface area contributed by atoms with E-state index in [1.807, 2.05) is 0 Å². The van der Waals surface area contributed by atoms with E-state index < -0.39 is 32.6 Å². The molecule has 0 amide bonds. The molecule has 0 aliphatic carbocycles. The summed E-state index contributed by atoms with van der Waals surface area (Å²) < 4.78 is 55.5. The van der Waals surface area contributed by atoms with E-state index in [0.29, 0.717) is 5.02 Å². The monoisotopic (exact) mass is 463 g/mol. The number of hydrogen-bond acceptors (Lipinski definition) is 5. The first-order valence-electron chi connectivity index (χ1n) is 7.79. The van der Waals surface area contributed by atoms with Gasteiger partial charge in [0, 0.05) is 16.0 Å². The molecule has 5 nitrogen and oxygen atoms in total. The van der Waals surface area contributed by atoms with Gasteiger partial charge in [0.25, 0.3) is 10.0 Å². The maximum Gasteiger partial charge on any atom is 0.266 e. The minimum atomic E-state index is -4.22. The van der Waals surface area contributed by atoms with Crippen LogP contribution >= 0.6 is 34.5 Å². The quantitative estimate of drug-likeness (QED) is 0.491. The molecule has 0 aliphatic heterocycles. The maximum absolute atomic E-state index is 14.5.